The van der Waals surface area contributed by atoms with E-state index in [9.17, 15) is 4.79 Å². The second-order valence-electron chi connectivity index (χ2n) is 4.76. The fourth-order valence-corrected chi connectivity index (χ4v) is 1.89. The summed E-state index contributed by atoms with van der Waals surface area (Å²) in [6.07, 6.45) is 5.32. The van der Waals surface area contributed by atoms with Crippen molar-refractivity contribution in [1.29, 1.82) is 0 Å². The molecule has 0 saturated carbocycles. The van der Waals surface area contributed by atoms with Crippen LogP contribution in [-0.2, 0) is 4.79 Å². The number of nitrogens with one attached hydrogen (secondary N) is 2. The van der Waals surface area contributed by atoms with E-state index in [0.717, 1.165) is 25.8 Å². The van der Waals surface area contributed by atoms with E-state index in [1.807, 2.05) is 0 Å². The van der Waals surface area contributed by atoms with Crippen LogP contribution in [-0.4, -0.2) is 24.0 Å². The summed E-state index contributed by atoms with van der Waals surface area (Å²) >= 11 is 0. The van der Waals surface area contributed by atoms with Gasteiger partial charge in [0, 0.05) is 5.54 Å². The maximum absolute atomic E-state index is 12.0. The molecule has 0 unspecified atom stereocenters. The first kappa shape index (κ1) is 12.5. The molecule has 1 heterocycles. The zero-order valence-corrected chi connectivity index (χ0v) is 10.2. The van der Waals surface area contributed by atoms with E-state index in [0.29, 0.717) is 0 Å². The lowest BCUT2D eigenvalue weighted by Gasteiger charge is -2.32. The van der Waals surface area contributed by atoms with Crippen molar-refractivity contribution < 1.29 is 4.79 Å². The maximum atomic E-state index is 12.0. The third kappa shape index (κ3) is 3.49. The third-order valence-electron chi connectivity index (χ3n) is 3.61. The molecule has 1 aliphatic heterocycles. The average Bonchev–Trinajstić information content (AvgIpc) is 2.30. The Morgan fingerprint density at radius 1 is 1.40 bits per heavy atom. The summed E-state index contributed by atoms with van der Waals surface area (Å²) in [5.74, 6) is 0.181. The van der Waals surface area contributed by atoms with Gasteiger partial charge in [-0.3, -0.25) is 4.79 Å². The first-order valence-corrected chi connectivity index (χ1v) is 6.16. The zero-order valence-electron chi connectivity index (χ0n) is 10.2. The van der Waals surface area contributed by atoms with Gasteiger partial charge in [0.25, 0.3) is 0 Å². The molecule has 2 N–H and O–H groups in total. The van der Waals surface area contributed by atoms with Crippen LogP contribution in [0.4, 0.5) is 0 Å². The molecule has 0 spiro atoms. The van der Waals surface area contributed by atoms with Gasteiger partial charge in [-0.15, -0.1) is 0 Å². The Bertz CT molecular complexity index is 206. The van der Waals surface area contributed by atoms with Crippen LogP contribution in [0.1, 0.15) is 52.9 Å². The SMILES string of the molecule is CCC(C)(CC)NC(=O)[C@@H]1CCCCN1. The van der Waals surface area contributed by atoms with Gasteiger partial charge < -0.3 is 10.6 Å². The largest absolute Gasteiger partial charge is 0.350 e. The number of hydrogen-bond acceptors (Lipinski definition) is 2. The topological polar surface area (TPSA) is 41.1 Å². The lowest BCUT2D eigenvalue weighted by Crippen LogP contribution is -2.54. The molecule has 1 aliphatic rings. The molecular formula is C12H24N2O. The van der Waals surface area contributed by atoms with Gasteiger partial charge in [0.1, 0.15) is 0 Å². The smallest absolute Gasteiger partial charge is 0.237 e. The van der Waals surface area contributed by atoms with Gasteiger partial charge in [-0.25, -0.2) is 0 Å². The number of amides is 1. The number of carbonyl (C=O) groups excluding carboxylic acids is 1. The van der Waals surface area contributed by atoms with Gasteiger partial charge in [-0.05, 0) is 39.2 Å². The summed E-state index contributed by atoms with van der Waals surface area (Å²) in [5, 5.41) is 6.44. The van der Waals surface area contributed by atoms with Gasteiger partial charge >= 0.3 is 0 Å². The molecule has 15 heavy (non-hydrogen) atoms. The molecule has 0 aromatic rings. The van der Waals surface area contributed by atoms with E-state index in [-0.39, 0.29) is 17.5 Å². The van der Waals surface area contributed by atoms with Crippen LogP contribution in [0.3, 0.4) is 0 Å². The Balaban J connectivity index is 2.46. The number of piperidine rings is 1. The fourth-order valence-electron chi connectivity index (χ4n) is 1.89. The van der Waals surface area contributed by atoms with E-state index in [1.165, 1.54) is 12.8 Å². The van der Waals surface area contributed by atoms with Crippen LogP contribution >= 0.6 is 0 Å². The molecule has 88 valence electrons. The first-order valence-electron chi connectivity index (χ1n) is 6.16. The third-order valence-corrected chi connectivity index (χ3v) is 3.61. The summed E-state index contributed by atoms with van der Waals surface area (Å²) in [6.45, 7) is 7.34. The van der Waals surface area contributed by atoms with Crippen LogP contribution in [0.5, 0.6) is 0 Å². The van der Waals surface area contributed by atoms with Crippen LogP contribution in [0, 0.1) is 0 Å². The molecule has 1 saturated heterocycles. The lowest BCUT2D eigenvalue weighted by molar-refractivity contribution is -0.125. The van der Waals surface area contributed by atoms with Crippen molar-refractivity contribution in [3.63, 3.8) is 0 Å². The van der Waals surface area contributed by atoms with Gasteiger partial charge in [0.05, 0.1) is 6.04 Å². The highest BCUT2D eigenvalue weighted by Gasteiger charge is 2.27. The monoisotopic (exact) mass is 212 g/mol. The zero-order chi connectivity index (χ0) is 11.3. The molecule has 1 atom stereocenters. The highest BCUT2D eigenvalue weighted by molar-refractivity contribution is 5.82. The summed E-state index contributed by atoms with van der Waals surface area (Å²) in [5.41, 5.74) is -0.0315. The second-order valence-corrected chi connectivity index (χ2v) is 4.76. The van der Waals surface area contributed by atoms with E-state index >= 15 is 0 Å². The van der Waals surface area contributed by atoms with Gasteiger partial charge in [0.2, 0.25) is 5.91 Å². The molecule has 1 fully saturated rings. The molecular weight excluding hydrogens is 188 g/mol. The summed E-state index contributed by atoms with van der Waals surface area (Å²) in [4.78, 5) is 12.0. The fraction of sp³-hybridized carbons (Fsp3) is 0.917. The minimum absolute atomic E-state index is 0.0315. The summed E-state index contributed by atoms with van der Waals surface area (Å²) < 4.78 is 0. The van der Waals surface area contributed by atoms with Crippen molar-refractivity contribution in [3.8, 4) is 0 Å². The van der Waals surface area contributed by atoms with Crippen molar-refractivity contribution in [1.82, 2.24) is 10.6 Å². The Hall–Kier alpha value is -0.570. The van der Waals surface area contributed by atoms with E-state index in [4.69, 9.17) is 0 Å². The Morgan fingerprint density at radius 3 is 2.53 bits per heavy atom. The Morgan fingerprint density at radius 2 is 2.07 bits per heavy atom. The normalized spacial score (nSPS) is 22.5. The number of carbonyl (C=O) groups is 1. The molecule has 1 rings (SSSR count). The van der Waals surface area contributed by atoms with Crippen molar-refractivity contribution in [2.75, 3.05) is 6.54 Å². The summed E-state index contributed by atoms with van der Waals surface area (Å²) in [6, 6.07) is 0.0381. The highest BCUT2D eigenvalue weighted by atomic mass is 16.2. The van der Waals surface area contributed by atoms with Gasteiger partial charge in [-0.2, -0.15) is 0 Å². The molecule has 0 bridgehead atoms. The van der Waals surface area contributed by atoms with Crippen LogP contribution < -0.4 is 10.6 Å². The molecule has 0 radical (unpaired) electrons. The number of rotatable bonds is 4. The minimum atomic E-state index is -0.0315. The Labute approximate surface area is 93.0 Å². The lowest BCUT2D eigenvalue weighted by atomic mass is 9.94. The molecule has 0 aromatic carbocycles. The molecule has 3 nitrogen and oxygen atoms in total. The highest BCUT2D eigenvalue weighted by Crippen LogP contribution is 2.15. The van der Waals surface area contributed by atoms with Crippen LogP contribution in [0.25, 0.3) is 0 Å². The molecule has 0 aliphatic carbocycles. The van der Waals surface area contributed by atoms with E-state index in [2.05, 4.69) is 31.4 Å². The predicted octanol–water partition coefficient (Wildman–Crippen LogP) is 1.82. The predicted molar refractivity (Wildman–Crippen MR) is 62.8 cm³/mol. The second kappa shape index (κ2) is 5.50. The quantitative estimate of drug-likeness (QED) is 0.746. The first-order chi connectivity index (χ1) is 7.11. The van der Waals surface area contributed by atoms with E-state index < -0.39 is 0 Å². The molecule has 1 amide bonds. The van der Waals surface area contributed by atoms with Gasteiger partial charge in [-0.1, -0.05) is 20.3 Å². The van der Waals surface area contributed by atoms with Gasteiger partial charge in [0.15, 0.2) is 0 Å². The number of hydrogen-bond donors (Lipinski definition) is 2. The van der Waals surface area contributed by atoms with Crippen molar-refractivity contribution in [3.05, 3.63) is 0 Å². The maximum Gasteiger partial charge on any atom is 0.237 e. The van der Waals surface area contributed by atoms with E-state index in [1.54, 1.807) is 0 Å². The van der Waals surface area contributed by atoms with Crippen molar-refractivity contribution in [2.24, 2.45) is 0 Å². The van der Waals surface area contributed by atoms with Crippen molar-refractivity contribution >= 4 is 5.91 Å². The van der Waals surface area contributed by atoms with Crippen LogP contribution in [0.2, 0.25) is 0 Å². The van der Waals surface area contributed by atoms with Crippen LogP contribution in [0.15, 0.2) is 0 Å². The Kier molecular flexibility index (Phi) is 4.58. The molecule has 0 aromatic heterocycles. The molecule has 3 heteroatoms. The summed E-state index contributed by atoms with van der Waals surface area (Å²) in [7, 11) is 0. The van der Waals surface area contributed by atoms with Crippen molar-refractivity contribution in [2.45, 2.75) is 64.5 Å². The standard InChI is InChI=1S/C12H24N2O/c1-4-12(3,5-2)14-11(15)10-8-6-7-9-13-10/h10,13H,4-9H2,1-3H3,(H,14,15)/t10-/m0/s1. The average molecular weight is 212 g/mol. The minimum Gasteiger partial charge on any atom is -0.350 e.